The summed E-state index contributed by atoms with van der Waals surface area (Å²) >= 11 is 0. The van der Waals surface area contributed by atoms with Crippen molar-refractivity contribution in [3.8, 4) is 0 Å². The molecule has 2 aromatic rings. The van der Waals surface area contributed by atoms with E-state index in [1.807, 2.05) is 30.3 Å². The molecule has 0 unspecified atom stereocenters. The summed E-state index contributed by atoms with van der Waals surface area (Å²) < 4.78 is 15.8. The van der Waals surface area contributed by atoms with Crippen LogP contribution in [0.15, 0.2) is 46.4 Å². The van der Waals surface area contributed by atoms with Gasteiger partial charge >= 0.3 is 0 Å². The van der Waals surface area contributed by atoms with Crippen LogP contribution in [0.4, 0.5) is 0 Å². The molecule has 1 aromatic carbocycles. The lowest BCUT2D eigenvalue weighted by molar-refractivity contribution is -0.122. The predicted octanol–water partition coefficient (Wildman–Crippen LogP) is 1.60. The molecule has 7 nitrogen and oxygen atoms in total. The van der Waals surface area contributed by atoms with Crippen molar-refractivity contribution in [3.63, 3.8) is 0 Å². The first-order valence-corrected chi connectivity index (χ1v) is 7.82. The van der Waals surface area contributed by atoms with Crippen LogP contribution in [0.1, 0.15) is 24.2 Å². The number of nitrogens with zero attached hydrogens (tertiary/aromatic N) is 2. The second-order valence-electron chi connectivity index (χ2n) is 5.35. The van der Waals surface area contributed by atoms with E-state index in [0.29, 0.717) is 50.1 Å². The van der Waals surface area contributed by atoms with Gasteiger partial charge in [-0.3, -0.25) is 4.79 Å². The SMILES string of the molecule is CC1=C(C(=O)NCCc2nc(Cc3ccccc3)no2)OCCO1. The van der Waals surface area contributed by atoms with E-state index in [2.05, 4.69) is 15.5 Å². The zero-order valence-corrected chi connectivity index (χ0v) is 13.4. The van der Waals surface area contributed by atoms with Gasteiger partial charge < -0.3 is 19.3 Å². The van der Waals surface area contributed by atoms with E-state index in [1.54, 1.807) is 6.92 Å². The Kier molecular flexibility index (Phi) is 5.10. The maximum absolute atomic E-state index is 12.0. The predicted molar refractivity (Wildman–Crippen MR) is 84.9 cm³/mol. The molecule has 24 heavy (non-hydrogen) atoms. The van der Waals surface area contributed by atoms with Crippen molar-refractivity contribution in [2.45, 2.75) is 19.8 Å². The first-order valence-electron chi connectivity index (χ1n) is 7.82. The van der Waals surface area contributed by atoms with Crippen LogP contribution in [0.3, 0.4) is 0 Å². The molecule has 1 aliphatic rings. The summed E-state index contributed by atoms with van der Waals surface area (Å²) in [5.41, 5.74) is 1.12. The number of nitrogens with one attached hydrogen (secondary N) is 1. The fourth-order valence-electron chi connectivity index (χ4n) is 2.34. The first-order chi connectivity index (χ1) is 11.7. The van der Waals surface area contributed by atoms with Crippen LogP contribution in [0.2, 0.25) is 0 Å². The van der Waals surface area contributed by atoms with E-state index in [0.717, 1.165) is 5.56 Å². The van der Waals surface area contributed by atoms with Crippen molar-refractivity contribution in [1.29, 1.82) is 0 Å². The third-order valence-corrected chi connectivity index (χ3v) is 3.51. The van der Waals surface area contributed by atoms with Gasteiger partial charge in [0.25, 0.3) is 5.91 Å². The molecule has 0 saturated heterocycles. The second kappa shape index (κ2) is 7.63. The number of hydrogen-bond acceptors (Lipinski definition) is 6. The van der Waals surface area contributed by atoms with Gasteiger partial charge in [-0.15, -0.1) is 0 Å². The molecule has 0 spiro atoms. The molecule has 1 amide bonds. The maximum atomic E-state index is 12.0. The van der Waals surface area contributed by atoms with Gasteiger partial charge in [0.15, 0.2) is 5.82 Å². The average Bonchev–Trinajstić information content (AvgIpc) is 3.03. The van der Waals surface area contributed by atoms with E-state index in [4.69, 9.17) is 14.0 Å². The van der Waals surface area contributed by atoms with E-state index in [9.17, 15) is 4.79 Å². The van der Waals surface area contributed by atoms with Gasteiger partial charge in [-0.1, -0.05) is 35.5 Å². The smallest absolute Gasteiger partial charge is 0.289 e. The van der Waals surface area contributed by atoms with Gasteiger partial charge in [0, 0.05) is 19.4 Å². The van der Waals surface area contributed by atoms with Crippen LogP contribution in [-0.2, 0) is 27.1 Å². The molecule has 1 aliphatic heterocycles. The minimum Gasteiger partial charge on any atom is -0.491 e. The van der Waals surface area contributed by atoms with Crippen molar-refractivity contribution in [3.05, 3.63) is 59.1 Å². The van der Waals surface area contributed by atoms with Crippen LogP contribution in [-0.4, -0.2) is 35.8 Å². The maximum Gasteiger partial charge on any atom is 0.289 e. The van der Waals surface area contributed by atoms with Crippen LogP contribution in [0, 0.1) is 0 Å². The largest absolute Gasteiger partial charge is 0.491 e. The number of benzene rings is 1. The van der Waals surface area contributed by atoms with Crippen LogP contribution in [0.25, 0.3) is 0 Å². The third kappa shape index (κ3) is 4.13. The van der Waals surface area contributed by atoms with Crippen molar-refractivity contribution in [1.82, 2.24) is 15.5 Å². The summed E-state index contributed by atoms with van der Waals surface area (Å²) in [5.74, 6) is 1.56. The van der Waals surface area contributed by atoms with Gasteiger partial charge in [-0.25, -0.2) is 0 Å². The number of ether oxygens (including phenoxy) is 2. The van der Waals surface area contributed by atoms with Crippen LogP contribution in [0.5, 0.6) is 0 Å². The Balaban J connectivity index is 1.48. The van der Waals surface area contributed by atoms with Gasteiger partial charge in [0.05, 0.1) is 0 Å². The molecule has 7 heteroatoms. The minimum absolute atomic E-state index is 0.233. The number of allylic oxidation sites excluding steroid dienone is 1. The third-order valence-electron chi connectivity index (χ3n) is 3.51. The normalized spacial score (nSPS) is 14.0. The molecule has 0 saturated carbocycles. The molecule has 2 heterocycles. The highest BCUT2D eigenvalue weighted by Gasteiger charge is 2.19. The molecule has 126 valence electrons. The Bertz CT molecular complexity index is 724. The first kappa shape index (κ1) is 16.0. The molecule has 0 radical (unpaired) electrons. The average molecular weight is 329 g/mol. The van der Waals surface area contributed by atoms with Gasteiger partial charge in [-0.2, -0.15) is 4.98 Å². The van der Waals surface area contributed by atoms with E-state index in [-0.39, 0.29) is 11.7 Å². The topological polar surface area (TPSA) is 86.5 Å². The van der Waals surface area contributed by atoms with E-state index in [1.165, 1.54) is 0 Å². The highest BCUT2D eigenvalue weighted by molar-refractivity contribution is 5.91. The monoisotopic (exact) mass is 329 g/mol. The minimum atomic E-state index is -0.295. The molecule has 0 fully saturated rings. The molecule has 1 N–H and O–H groups in total. The lowest BCUT2D eigenvalue weighted by atomic mass is 10.1. The number of rotatable bonds is 6. The number of amides is 1. The zero-order valence-electron chi connectivity index (χ0n) is 13.4. The van der Waals surface area contributed by atoms with E-state index >= 15 is 0 Å². The Hall–Kier alpha value is -2.83. The Morgan fingerprint density at radius 1 is 1.21 bits per heavy atom. The number of aromatic nitrogens is 2. The molecule has 0 atom stereocenters. The summed E-state index contributed by atoms with van der Waals surface area (Å²) in [4.78, 5) is 16.3. The van der Waals surface area contributed by atoms with Crippen molar-refractivity contribution in [2.24, 2.45) is 0 Å². The van der Waals surface area contributed by atoms with Gasteiger partial charge in [0.2, 0.25) is 11.6 Å². The summed E-state index contributed by atoms with van der Waals surface area (Å²) in [6.45, 7) is 2.94. The Morgan fingerprint density at radius 3 is 2.79 bits per heavy atom. The lowest BCUT2D eigenvalue weighted by Crippen LogP contribution is -2.31. The van der Waals surface area contributed by atoms with Crippen molar-refractivity contribution < 1.29 is 18.8 Å². The zero-order chi connectivity index (χ0) is 16.8. The Morgan fingerprint density at radius 2 is 2.00 bits per heavy atom. The Labute approximate surface area is 139 Å². The number of carbonyl (C=O) groups excluding carboxylic acids is 1. The quantitative estimate of drug-likeness (QED) is 0.866. The fourth-order valence-corrected chi connectivity index (χ4v) is 2.34. The number of carbonyl (C=O) groups is 1. The molecule has 0 aliphatic carbocycles. The second-order valence-corrected chi connectivity index (χ2v) is 5.35. The van der Waals surface area contributed by atoms with E-state index < -0.39 is 0 Å². The van der Waals surface area contributed by atoms with Crippen LogP contribution < -0.4 is 5.32 Å². The number of hydrogen-bond donors (Lipinski definition) is 1. The summed E-state index contributed by atoms with van der Waals surface area (Å²) in [5, 5.41) is 6.72. The molecular weight excluding hydrogens is 310 g/mol. The standard InChI is InChI=1S/C17H19N3O4/c1-12-16(23-10-9-22-12)17(21)18-8-7-15-19-14(20-24-15)11-13-5-3-2-4-6-13/h2-6H,7-11H2,1H3,(H,18,21). The highest BCUT2D eigenvalue weighted by Crippen LogP contribution is 2.12. The van der Waals surface area contributed by atoms with Crippen molar-refractivity contribution in [2.75, 3.05) is 19.8 Å². The molecular formula is C17H19N3O4. The van der Waals surface area contributed by atoms with Crippen LogP contribution >= 0.6 is 0 Å². The lowest BCUT2D eigenvalue weighted by Gasteiger charge is -2.19. The van der Waals surface area contributed by atoms with Crippen molar-refractivity contribution >= 4 is 5.91 Å². The molecule has 0 bridgehead atoms. The van der Waals surface area contributed by atoms with Gasteiger partial charge in [-0.05, 0) is 12.5 Å². The molecule has 1 aromatic heterocycles. The highest BCUT2D eigenvalue weighted by atomic mass is 16.6. The molecule has 3 rings (SSSR count). The summed E-state index contributed by atoms with van der Waals surface area (Å²) in [7, 11) is 0. The fraction of sp³-hybridized carbons (Fsp3) is 0.353. The van der Waals surface area contributed by atoms with Gasteiger partial charge in [0.1, 0.15) is 19.0 Å². The summed E-state index contributed by atoms with van der Waals surface area (Å²) in [6.07, 6.45) is 1.08. The summed E-state index contributed by atoms with van der Waals surface area (Å²) in [6, 6.07) is 9.93.